The Balaban J connectivity index is 1.44. The molecule has 3 aromatic carbocycles. The van der Waals surface area contributed by atoms with Gasteiger partial charge in [0, 0.05) is 15.2 Å². The summed E-state index contributed by atoms with van der Waals surface area (Å²) in [6.45, 7) is -0.178. The molecular formula is C23H18BrClN4O4. The zero-order valence-corrected chi connectivity index (χ0v) is 19.4. The van der Waals surface area contributed by atoms with Gasteiger partial charge in [-0.15, -0.1) is 0 Å². The molecule has 3 rings (SSSR count). The van der Waals surface area contributed by atoms with Crippen LogP contribution in [0.4, 0.5) is 11.4 Å². The Labute approximate surface area is 203 Å². The molecule has 0 saturated carbocycles. The maximum Gasteiger partial charge on any atom is 0.329 e. The molecule has 0 bridgehead atoms. The Hall–Kier alpha value is -3.69. The zero-order chi connectivity index (χ0) is 23.6. The average molecular weight is 530 g/mol. The van der Waals surface area contributed by atoms with Crippen molar-refractivity contribution in [2.75, 3.05) is 17.2 Å². The first-order valence-electron chi connectivity index (χ1n) is 9.58. The van der Waals surface area contributed by atoms with E-state index in [1.54, 1.807) is 72.8 Å². The topological polar surface area (TPSA) is 109 Å². The first-order valence-corrected chi connectivity index (χ1v) is 10.7. The summed E-state index contributed by atoms with van der Waals surface area (Å²) in [7, 11) is 0. The fourth-order valence-corrected chi connectivity index (χ4v) is 3.09. The number of halogens is 2. The average Bonchev–Trinajstić information content (AvgIpc) is 2.80. The molecule has 33 heavy (non-hydrogen) atoms. The van der Waals surface area contributed by atoms with Crippen LogP contribution in [0, 0.1) is 0 Å². The Morgan fingerprint density at radius 2 is 1.70 bits per heavy atom. The second-order valence-corrected chi connectivity index (χ2v) is 7.84. The second kappa shape index (κ2) is 11.8. The molecule has 0 aliphatic heterocycles. The SMILES string of the molecule is O=C(COc1ccc(/C=N\NC(=O)C(=O)Nc2ccccc2Br)cc1)Nc1cccc(Cl)c1. The van der Waals surface area contributed by atoms with Crippen LogP contribution >= 0.6 is 27.5 Å². The molecule has 0 spiro atoms. The molecule has 3 N–H and O–H groups in total. The standard InChI is InChI=1S/C23H18BrClN4O4/c24-19-6-1-2-7-20(19)28-22(31)23(32)29-26-13-15-8-10-18(11-9-15)33-14-21(30)27-17-5-3-4-16(25)12-17/h1-13H,14H2,(H,27,30)(H,28,31)(H,29,32)/b26-13-. The number of nitrogens with one attached hydrogen (secondary N) is 3. The number of para-hydroxylation sites is 1. The molecule has 0 fully saturated rings. The Bertz CT molecular complexity index is 1190. The number of rotatable bonds is 7. The third kappa shape index (κ3) is 7.74. The highest BCUT2D eigenvalue weighted by atomic mass is 79.9. The number of amides is 3. The molecule has 0 aliphatic carbocycles. The normalized spacial score (nSPS) is 10.5. The van der Waals surface area contributed by atoms with Gasteiger partial charge in [-0.2, -0.15) is 5.10 Å². The number of anilines is 2. The first kappa shape index (κ1) is 24.0. The first-order chi connectivity index (χ1) is 15.9. The van der Waals surface area contributed by atoms with Crippen LogP contribution in [0.15, 0.2) is 82.4 Å². The van der Waals surface area contributed by atoms with Crippen molar-refractivity contribution in [2.45, 2.75) is 0 Å². The predicted molar refractivity (Wildman–Crippen MR) is 131 cm³/mol. The summed E-state index contributed by atoms with van der Waals surface area (Å²) < 4.78 is 6.10. The van der Waals surface area contributed by atoms with E-state index in [-0.39, 0.29) is 12.5 Å². The van der Waals surface area contributed by atoms with E-state index in [4.69, 9.17) is 16.3 Å². The summed E-state index contributed by atoms with van der Waals surface area (Å²) in [5, 5.41) is 9.46. The second-order valence-electron chi connectivity index (χ2n) is 6.55. The minimum Gasteiger partial charge on any atom is -0.484 e. The molecule has 8 nitrogen and oxygen atoms in total. The molecule has 0 saturated heterocycles. The van der Waals surface area contributed by atoms with Gasteiger partial charge in [-0.3, -0.25) is 14.4 Å². The third-order valence-electron chi connectivity index (χ3n) is 4.07. The lowest BCUT2D eigenvalue weighted by molar-refractivity contribution is -0.136. The van der Waals surface area contributed by atoms with E-state index in [1.807, 2.05) is 0 Å². The number of hydrazone groups is 1. The number of carbonyl (C=O) groups excluding carboxylic acids is 3. The highest BCUT2D eigenvalue weighted by Crippen LogP contribution is 2.21. The van der Waals surface area contributed by atoms with Crippen LogP contribution in [0.2, 0.25) is 5.02 Å². The number of hydrogen-bond donors (Lipinski definition) is 3. The third-order valence-corrected chi connectivity index (χ3v) is 4.99. The summed E-state index contributed by atoms with van der Waals surface area (Å²) >= 11 is 9.17. The van der Waals surface area contributed by atoms with Gasteiger partial charge in [0.15, 0.2) is 6.61 Å². The van der Waals surface area contributed by atoms with Gasteiger partial charge in [-0.1, -0.05) is 29.8 Å². The van der Waals surface area contributed by atoms with Crippen LogP contribution in [-0.2, 0) is 14.4 Å². The zero-order valence-electron chi connectivity index (χ0n) is 17.0. The lowest BCUT2D eigenvalue weighted by Gasteiger charge is -2.08. The van der Waals surface area contributed by atoms with E-state index in [2.05, 4.69) is 37.1 Å². The van der Waals surface area contributed by atoms with Gasteiger partial charge in [-0.25, -0.2) is 5.43 Å². The lowest BCUT2D eigenvalue weighted by atomic mass is 10.2. The molecule has 0 atom stereocenters. The maximum atomic E-state index is 12.0. The molecule has 10 heteroatoms. The van der Waals surface area contributed by atoms with Gasteiger partial charge in [0.2, 0.25) is 0 Å². The molecule has 0 heterocycles. The van der Waals surface area contributed by atoms with E-state index in [0.29, 0.717) is 32.2 Å². The number of nitrogens with zero attached hydrogens (tertiary/aromatic N) is 1. The fourth-order valence-electron chi connectivity index (χ4n) is 2.52. The van der Waals surface area contributed by atoms with Crippen molar-refractivity contribution in [3.63, 3.8) is 0 Å². The van der Waals surface area contributed by atoms with Crippen molar-refractivity contribution in [1.29, 1.82) is 0 Å². The molecule has 3 amide bonds. The van der Waals surface area contributed by atoms with E-state index in [9.17, 15) is 14.4 Å². The smallest absolute Gasteiger partial charge is 0.329 e. The molecule has 0 aromatic heterocycles. The van der Waals surface area contributed by atoms with Crippen LogP contribution in [0.3, 0.4) is 0 Å². The predicted octanol–water partition coefficient (Wildman–Crippen LogP) is 4.21. The van der Waals surface area contributed by atoms with Crippen molar-refractivity contribution in [3.05, 3.63) is 87.9 Å². The van der Waals surface area contributed by atoms with Gasteiger partial charge in [-0.05, 0) is 76.1 Å². The van der Waals surface area contributed by atoms with Gasteiger partial charge in [0.1, 0.15) is 5.75 Å². The van der Waals surface area contributed by atoms with Crippen LogP contribution in [-0.4, -0.2) is 30.5 Å². The molecule has 168 valence electrons. The lowest BCUT2D eigenvalue weighted by Crippen LogP contribution is -2.32. The highest BCUT2D eigenvalue weighted by Gasteiger charge is 2.14. The number of hydrogen-bond acceptors (Lipinski definition) is 5. The van der Waals surface area contributed by atoms with Crippen LogP contribution < -0.4 is 20.8 Å². The fraction of sp³-hybridized carbons (Fsp3) is 0.0435. The van der Waals surface area contributed by atoms with E-state index in [1.165, 1.54) is 6.21 Å². The number of carbonyl (C=O) groups is 3. The molecule has 0 unspecified atom stereocenters. The largest absolute Gasteiger partial charge is 0.484 e. The Morgan fingerprint density at radius 1 is 0.939 bits per heavy atom. The number of benzene rings is 3. The minimum atomic E-state index is -0.910. The van der Waals surface area contributed by atoms with Crippen molar-refractivity contribution in [2.24, 2.45) is 5.10 Å². The highest BCUT2D eigenvalue weighted by molar-refractivity contribution is 9.10. The monoisotopic (exact) mass is 528 g/mol. The van der Waals surface area contributed by atoms with Crippen molar-refractivity contribution < 1.29 is 19.1 Å². The maximum absolute atomic E-state index is 12.0. The summed E-state index contributed by atoms with van der Waals surface area (Å²) in [4.78, 5) is 35.8. The summed E-state index contributed by atoms with van der Waals surface area (Å²) in [6.07, 6.45) is 1.37. The summed E-state index contributed by atoms with van der Waals surface area (Å²) in [5.41, 5.74) is 3.86. The van der Waals surface area contributed by atoms with Crippen molar-refractivity contribution in [3.8, 4) is 5.75 Å². The molecule has 0 aliphatic rings. The van der Waals surface area contributed by atoms with Gasteiger partial charge in [0.25, 0.3) is 5.91 Å². The van der Waals surface area contributed by atoms with E-state index >= 15 is 0 Å². The molecule has 0 radical (unpaired) electrons. The van der Waals surface area contributed by atoms with Gasteiger partial charge < -0.3 is 15.4 Å². The van der Waals surface area contributed by atoms with Crippen molar-refractivity contribution in [1.82, 2.24) is 5.43 Å². The summed E-state index contributed by atoms with van der Waals surface area (Å²) in [5.74, 6) is -1.61. The number of ether oxygens (including phenoxy) is 1. The van der Waals surface area contributed by atoms with Crippen LogP contribution in [0.5, 0.6) is 5.75 Å². The van der Waals surface area contributed by atoms with Gasteiger partial charge >= 0.3 is 11.8 Å². The Morgan fingerprint density at radius 3 is 2.42 bits per heavy atom. The van der Waals surface area contributed by atoms with Crippen molar-refractivity contribution >= 4 is 62.8 Å². The molecular weight excluding hydrogens is 512 g/mol. The van der Waals surface area contributed by atoms with E-state index < -0.39 is 11.8 Å². The summed E-state index contributed by atoms with van der Waals surface area (Å²) in [6, 6.07) is 20.4. The van der Waals surface area contributed by atoms with Gasteiger partial charge in [0.05, 0.1) is 11.9 Å². The Kier molecular flexibility index (Phi) is 8.56. The van der Waals surface area contributed by atoms with Crippen LogP contribution in [0.1, 0.15) is 5.56 Å². The van der Waals surface area contributed by atoms with E-state index in [0.717, 1.165) is 0 Å². The quantitative estimate of drug-likeness (QED) is 0.242. The molecule has 3 aromatic rings. The minimum absolute atomic E-state index is 0.178. The van der Waals surface area contributed by atoms with Crippen LogP contribution in [0.25, 0.3) is 0 Å².